The van der Waals surface area contributed by atoms with Crippen LogP contribution >= 0.6 is 0 Å². The molecule has 1 saturated heterocycles. The first kappa shape index (κ1) is 24.9. The number of rotatable bonds is 5. The van der Waals surface area contributed by atoms with Gasteiger partial charge in [-0.2, -0.15) is 0 Å². The number of allylic oxidation sites excluding steroid dienone is 1. The van der Waals surface area contributed by atoms with Crippen LogP contribution in [0.15, 0.2) is 47.1 Å². The number of nitrogens with zero attached hydrogens (tertiary/aromatic N) is 3. The Morgan fingerprint density at radius 3 is 2.71 bits per heavy atom. The molecule has 4 rings (SSSR count). The Balaban J connectivity index is 1.73. The molecule has 3 aliphatic rings. The number of guanidine groups is 1. The van der Waals surface area contributed by atoms with E-state index in [9.17, 15) is 22.0 Å². The summed E-state index contributed by atoms with van der Waals surface area (Å²) in [5.41, 5.74) is 3.72. The zero-order valence-corrected chi connectivity index (χ0v) is 19.9. The van der Waals surface area contributed by atoms with Crippen molar-refractivity contribution >= 4 is 27.6 Å². The van der Waals surface area contributed by atoms with Crippen LogP contribution in [0.25, 0.3) is 0 Å². The molecule has 0 aromatic heterocycles. The number of halogens is 3. The van der Waals surface area contributed by atoms with E-state index in [0.29, 0.717) is 4.31 Å². The van der Waals surface area contributed by atoms with Crippen LogP contribution in [0.5, 0.6) is 0 Å². The van der Waals surface area contributed by atoms with Crippen LogP contribution in [0.3, 0.4) is 0 Å². The number of hydrogen-bond donors (Lipinski definition) is 2. The highest BCUT2D eigenvalue weighted by Gasteiger charge is 2.62. The third-order valence-corrected chi connectivity index (χ3v) is 8.57. The van der Waals surface area contributed by atoms with Crippen molar-refractivity contribution in [1.82, 2.24) is 9.21 Å². The van der Waals surface area contributed by atoms with E-state index in [0.717, 1.165) is 19.2 Å². The smallest absolute Gasteiger partial charge is 0.254 e. The molecule has 1 amide bonds. The van der Waals surface area contributed by atoms with Gasteiger partial charge in [-0.3, -0.25) is 4.79 Å². The van der Waals surface area contributed by atoms with Gasteiger partial charge < -0.3 is 25.4 Å². The molecule has 0 spiro atoms. The van der Waals surface area contributed by atoms with Crippen molar-refractivity contribution in [2.45, 2.75) is 22.9 Å². The van der Waals surface area contributed by atoms with Gasteiger partial charge in [0.05, 0.1) is 13.7 Å². The fourth-order valence-electron chi connectivity index (χ4n) is 4.53. The molecule has 4 atom stereocenters. The van der Waals surface area contributed by atoms with E-state index in [1.807, 2.05) is 0 Å². The number of sulfonamides is 1. The summed E-state index contributed by atoms with van der Waals surface area (Å²) in [6, 6.07) is 2.07. The highest BCUT2D eigenvalue weighted by atomic mass is 32.2. The second-order valence-electron chi connectivity index (χ2n) is 8.35. The van der Waals surface area contributed by atoms with Crippen LogP contribution < -0.4 is 11.1 Å². The first-order valence-electron chi connectivity index (χ1n) is 10.4. The maximum absolute atomic E-state index is 15.1. The lowest BCUT2D eigenvalue weighted by Crippen LogP contribution is -2.59. The van der Waals surface area contributed by atoms with Crippen molar-refractivity contribution in [2.75, 3.05) is 39.8 Å². The van der Waals surface area contributed by atoms with Crippen molar-refractivity contribution in [3.63, 3.8) is 0 Å². The molecule has 0 radical (unpaired) electrons. The van der Waals surface area contributed by atoms with Gasteiger partial charge in [0.15, 0.2) is 6.04 Å². The highest BCUT2D eigenvalue weighted by molar-refractivity contribution is 7.90. The SMILES string of the molecule is COC1=CN(C)C(C(=O)Nc2ccc(F)c([C@]34CO[C@@H](CF)[C@H]3S(=O)(=O)N(C)C(N)=N4)c2)C(F)=C1. The number of carbonyl (C=O) groups is 1. The Kier molecular flexibility index (Phi) is 6.21. The number of anilines is 1. The second-order valence-corrected chi connectivity index (χ2v) is 10.4. The first-order chi connectivity index (χ1) is 16.5. The van der Waals surface area contributed by atoms with Gasteiger partial charge in [0.2, 0.25) is 16.0 Å². The van der Waals surface area contributed by atoms with E-state index >= 15 is 4.39 Å². The highest BCUT2D eigenvalue weighted by Crippen LogP contribution is 2.46. The summed E-state index contributed by atoms with van der Waals surface area (Å²) in [5.74, 6) is -2.62. The lowest BCUT2D eigenvalue weighted by molar-refractivity contribution is -0.119. The summed E-state index contributed by atoms with van der Waals surface area (Å²) < 4.78 is 80.7. The van der Waals surface area contributed by atoms with Crippen molar-refractivity contribution in [2.24, 2.45) is 10.7 Å². The summed E-state index contributed by atoms with van der Waals surface area (Å²) in [6.07, 6.45) is 1.09. The van der Waals surface area contributed by atoms with Crippen LogP contribution in [0.4, 0.5) is 18.9 Å². The van der Waals surface area contributed by atoms with Crippen molar-refractivity contribution < 1.29 is 35.9 Å². The van der Waals surface area contributed by atoms with Crippen LogP contribution in [0, 0.1) is 5.82 Å². The number of nitrogens with two attached hydrogens (primary N) is 1. The predicted molar refractivity (Wildman–Crippen MR) is 120 cm³/mol. The van der Waals surface area contributed by atoms with Gasteiger partial charge in [0.25, 0.3) is 5.91 Å². The molecule has 1 aromatic carbocycles. The number of alkyl halides is 1. The Morgan fingerprint density at radius 1 is 1.37 bits per heavy atom. The van der Waals surface area contributed by atoms with Crippen LogP contribution in [0.2, 0.25) is 0 Å². The number of ether oxygens (including phenoxy) is 2. The number of amides is 1. The average molecular weight is 516 g/mol. The van der Waals surface area contributed by atoms with Crippen LogP contribution in [0.1, 0.15) is 5.56 Å². The second kappa shape index (κ2) is 8.75. The molecule has 14 heteroatoms. The monoisotopic (exact) mass is 515 g/mol. The average Bonchev–Trinajstić information content (AvgIpc) is 3.18. The van der Waals surface area contributed by atoms with E-state index in [4.69, 9.17) is 15.2 Å². The molecule has 1 unspecified atom stereocenters. The van der Waals surface area contributed by atoms with E-state index in [2.05, 4.69) is 10.3 Å². The Hall–Kier alpha value is -3.26. The molecule has 0 saturated carbocycles. The Bertz CT molecular complexity index is 1250. The van der Waals surface area contributed by atoms with E-state index in [1.54, 1.807) is 0 Å². The molecule has 3 N–H and O–H groups in total. The van der Waals surface area contributed by atoms with Gasteiger partial charge in [-0.15, -0.1) is 0 Å². The van der Waals surface area contributed by atoms with E-state index in [-0.39, 0.29) is 17.0 Å². The molecule has 0 bridgehead atoms. The maximum atomic E-state index is 15.1. The number of fused-ring (bicyclic) bond motifs is 1. The summed E-state index contributed by atoms with van der Waals surface area (Å²) in [4.78, 5) is 18.4. The number of aliphatic imine (C=N–C) groups is 1. The topological polar surface area (TPSA) is 127 Å². The first-order valence-corrected chi connectivity index (χ1v) is 11.9. The minimum absolute atomic E-state index is 0.0380. The van der Waals surface area contributed by atoms with E-state index in [1.165, 1.54) is 37.4 Å². The van der Waals surface area contributed by atoms with E-state index < -0.39 is 69.8 Å². The predicted octanol–water partition coefficient (Wildman–Crippen LogP) is 0.942. The number of benzene rings is 1. The maximum Gasteiger partial charge on any atom is 0.254 e. The Labute approximate surface area is 199 Å². The molecule has 10 nitrogen and oxygen atoms in total. The van der Waals surface area contributed by atoms with Crippen molar-refractivity contribution in [3.05, 3.63) is 53.4 Å². The van der Waals surface area contributed by atoms with Crippen LogP contribution in [-0.4, -0.2) is 81.4 Å². The summed E-state index contributed by atoms with van der Waals surface area (Å²) in [7, 11) is -0.282. The zero-order chi connectivity index (χ0) is 25.7. The van der Waals surface area contributed by atoms with Crippen molar-refractivity contribution in [3.8, 4) is 0 Å². The third kappa shape index (κ3) is 3.89. The summed E-state index contributed by atoms with van der Waals surface area (Å²) in [6.45, 7) is -1.61. The molecule has 190 valence electrons. The number of likely N-dealkylation sites (N-methyl/N-ethyl adjacent to an activating group) is 1. The lowest BCUT2D eigenvalue weighted by Gasteiger charge is -2.39. The quantitative estimate of drug-likeness (QED) is 0.598. The number of nitrogens with one attached hydrogen (secondary N) is 1. The van der Waals surface area contributed by atoms with Gasteiger partial charge in [-0.25, -0.2) is 30.9 Å². The lowest BCUT2D eigenvalue weighted by atomic mass is 9.86. The largest absolute Gasteiger partial charge is 0.495 e. The summed E-state index contributed by atoms with van der Waals surface area (Å²) in [5, 5.41) is 0.905. The van der Waals surface area contributed by atoms with Crippen LogP contribution in [-0.2, 0) is 29.8 Å². The fraction of sp³-hybridized carbons (Fsp3) is 0.429. The number of hydrogen-bond acceptors (Lipinski definition) is 8. The van der Waals surface area contributed by atoms with Crippen molar-refractivity contribution in [1.29, 1.82) is 0 Å². The number of carbonyl (C=O) groups excluding carboxylic acids is 1. The molecule has 3 heterocycles. The summed E-state index contributed by atoms with van der Waals surface area (Å²) >= 11 is 0. The minimum Gasteiger partial charge on any atom is -0.495 e. The fourth-order valence-corrected chi connectivity index (χ4v) is 6.44. The van der Waals surface area contributed by atoms with Gasteiger partial charge >= 0.3 is 0 Å². The standard InChI is InChI=1S/C21H24F3N5O5S/c1-28-9-12(33-3)7-15(24)17(28)19(30)26-11-4-5-14(23)13(6-11)21-10-34-16(8-22)18(21)35(31,32)29(2)20(25)27-21/h4-7,9,16-18H,8,10H2,1-3H3,(H2,25,27)(H,26,30)/t16-,17?,18+,21+/m0/s1. The molecule has 0 aliphatic carbocycles. The molecule has 3 aliphatic heterocycles. The minimum atomic E-state index is -4.27. The van der Waals surface area contributed by atoms with Gasteiger partial charge in [-0.1, -0.05) is 0 Å². The Morgan fingerprint density at radius 2 is 2.09 bits per heavy atom. The van der Waals surface area contributed by atoms with Gasteiger partial charge in [-0.05, 0) is 18.2 Å². The normalized spacial score (nSPS) is 29.7. The molecule has 1 aromatic rings. The third-order valence-electron chi connectivity index (χ3n) is 6.28. The zero-order valence-electron chi connectivity index (χ0n) is 19.0. The number of methoxy groups -OCH3 is 1. The molecule has 35 heavy (non-hydrogen) atoms. The molecular formula is C21H24F3N5O5S. The van der Waals surface area contributed by atoms with Gasteiger partial charge in [0.1, 0.15) is 41.0 Å². The molecular weight excluding hydrogens is 491 g/mol. The molecule has 1 fully saturated rings. The van der Waals surface area contributed by atoms with Gasteiger partial charge in [0, 0.05) is 37.6 Å².